The van der Waals surface area contributed by atoms with Gasteiger partial charge in [0.1, 0.15) is 19.0 Å². The van der Waals surface area contributed by atoms with E-state index in [1.54, 1.807) is 12.1 Å². The van der Waals surface area contributed by atoms with Crippen molar-refractivity contribution in [2.45, 2.75) is 38.8 Å². The predicted molar refractivity (Wildman–Crippen MR) is 107 cm³/mol. The van der Waals surface area contributed by atoms with Crippen LogP contribution in [0.2, 0.25) is 0 Å². The Labute approximate surface area is 159 Å². The molecule has 0 radical (unpaired) electrons. The lowest BCUT2D eigenvalue weighted by Crippen LogP contribution is -2.17. The Morgan fingerprint density at radius 2 is 1.26 bits per heavy atom. The summed E-state index contributed by atoms with van der Waals surface area (Å²) in [6, 6.07) is 13.2. The molecule has 2 aromatic carbocycles. The Kier molecular flexibility index (Phi) is 3.98. The van der Waals surface area contributed by atoms with Gasteiger partial charge in [-0.05, 0) is 63.1 Å². The molecule has 2 heterocycles. The minimum absolute atomic E-state index is 0.236. The first kappa shape index (κ1) is 17.6. The second-order valence-electron chi connectivity index (χ2n) is 8.34. The molecule has 5 heteroatoms. The molecule has 0 saturated carbocycles. The molecule has 1 N–H and O–H groups in total. The fourth-order valence-electron chi connectivity index (χ4n) is 3.19. The molecule has 0 amide bonds. The Morgan fingerprint density at radius 1 is 0.741 bits per heavy atom. The highest BCUT2D eigenvalue weighted by Crippen LogP contribution is 2.30. The van der Waals surface area contributed by atoms with Crippen molar-refractivity contribution in [3.8, 4) is 16.9 Å². The van der Waals surface area contributed by atoms with E-state index in [4.69, 9.17) is 19.5 Å². The molecule has 2 aliphatic heterocycles. The van der Waals surface area contributed by atoms with Crippen LogP contribution in [0.25, 0.3) is 11.1 Å². The first-order valence-corrected chi connectivity index (χ1v) is 9.12. The minimum atomic E-state index is -0.251. The fraction of sp³-hybridized carbons (Fsp3) is 0.364. The summed E-state index contributed by atoms with van der Waals surface area (Å²) < 4.78 is 11.8. The number of ether oxygens (including phenoxy) is 2. The summed E-state index contributed by atoms with van der Waals surface area (Å²) >= 11 is 0. The molecule has 5 nitrogen and oxygen atoms in total. The number of benzene rings is 2. The van der Waals surface area contributed by atoms with Gasteiger partial charge >= 0.3 is 0 Å². The Bertz CT molecular complexity index is 941. The third kappa shape index (κ3) is 3.54. The molecule has 0 fully saturated rings. The maximum Gasteiger partial charge on any atom is 0.217 e. The molecule has 27 heavy (non-hydrogen) atoms. The Balaban J connectivity index is 1.83. The number of nitrogens with zero attached hydrogens (tertiary/aromatic N) is 2. The fourth-order valence-corrected chi connectivity index (χ4v) is 3.19. The summed E-state index contributed by atoms with van der Waals surface area (Å²) in [5.41, 5.74) is 3.30. The molecular formula is C22H24N2O3. The maximum absolute atomic E-state index is 9.55. The van der Waals surface area contributed by atoms with Gasteiger partial charge in [0.25, 0.3) is 0 Å². The quantitative estimate of drug-likeness (QED) is 0.889. The van der Waals surface area contributed by atoms with Gasteiger partial charge in [0.2, 0.25) is 11.8 Å². The average molecular weight is 364 g/mol. The zero-order valence-electron chi connectivity index (χ0n) is 16.1. The standard InChI is InChI=1S/C22H24N2O3/c1-21(2)12-26-19(23-21)17-10-7-15(14-5-8-16(25)9-6-14)11-18(17)20-24-22(3,4)13-27-20/h5-11,25H,12-13H2,1-4H3. The number of phenolic OH excluding ortho intramolecular Hbond substituents is 1. The molecule has 0 bridgehead atoms. The van der Waals surface area contributed by atoms with Gasteiger partial charge in [-0.1, -0.05) is 18.2 Å². The number of hydrogen-bond donors (Lipinski definition) is 1. The van der Waals surface area contributed by atoms with Crippen LogP contribution in [-0.2, 0) is 9.47 Å². The predicted octanol–water partition coefficient (Wildman–Crippen LogP) is 4.17. The molecule has 0 aromatic heterocycles. The van der Waals surface area contributed by atoms with E-state index in [1.807, 2.05) is 24.3 Å². The van der Waals surface area contributed by atoms with Crippen LogP contribution in [0.5, 0.6) is 5.75 Å². The molecule has 0 saturated heterocycles. The lowest BCUT2D eigenvalue weighted by atomic mass is 9.98. The summed E-state index contributed by atoms with van der Waals surface area (Å²) in [4.78, 5) is 9.48. The van der Waals surface area contributed by atoms with Gasteiger partial charge < -0.3 is 14.6 Å². The van der Waals surface area contributed by atoms with E-state index in [9.17, 15) is 5.11 Å². The number of aromatic hydroxyl groups is 1. The SMILES string of the molecule is CC1(C)COC(c2ccc(-c3ccc(O)cc3)cc2C2=NC(C)(C)CO2)=N1. The summed E-state index contributed by atoms with van der Waals surface area (Å²) in [5, 5.41) is 9.55. The third-order valence-corrected chi connectivity index (χ3v) is 4.61. The van der Waals surface area contributed by atoms with E-state index in [-0.39, 0.29) is 16.8 Å². The van der Waals surface area contributed by atoms with Crippen LogP contribution < -0.4 is 0 Å². The van der Waals surface area contributed by atoms with Crippen molar-refractivity contribution in [3.05, 3.63) is 53.6 Å². The molecule has 0 unspecified atom stereocenters. The van der Waals surface area contributed by atoms with Crippen molar-refractivity contribution in [2.24, 2.45) is 9.98 Å². The molecule has 4 rings (SSSR count). The lowest BCUT2D eigenvalue weighted by Gasteiger charge is -2.12. The number of rotatable bonds is 3. The highest BCUT2D eigenvalue weighted by Gasteiger charge is 2.32. The Morgan fingerprint density at radius 3 is 1.78 bits per heavy atom. The summed E-state index contributed by atoms with van der Waals surface area (Å²) in [5.74, 6) is 1.49. The van der Waals surface area contributed by atoms with Gasteiger partial charge in [-0.3, -0.25) is 0 Å². The molecule has 0 atom stereocenters. The van der Waals surface area contributed by atoms with E-state index in [0.717, 1.165) is 22.3 Å². The largest absolute Gasteiger partial charge is 0.508 e. The van der Waals surface area contributed by atoms with Crippen LogP contribution in [0.4, 0.5) is 0 Å². The van der Waals surface area contributed by atoms with Gasteiger partial charge in [0.15, 0.2) is 0 Å². The number of hydrogen-bond acceptors (Lipinski definition) is 5. The first-order chi connectivity index (χ1) is 12.7. The smallest absolute Gasteiger partial charge is 0.217 e. The van der Waals surface area contributed by atoms with Crippen molar-refractivity contribution < 1.29 is 14.6 Å². The normalized spacial score (nSPS) is 19.9. The monoisotopic (exact) mass is 364 g/mol. The minimum Gasteiger partial charge on any atom is -0.508 e. The molecule has 140 valence electrons. The number of aliphatic imine (C=N–C) groups is 2. The molecule has 2 aliphatic rings. The van der Waals surface area contributed by atoms with Crippen molar-refractivity contribution in [1.29, 1.82) is 0 Å². The molecule has 0 aliphatic carbocycles. The van der Waals surface area contributed by atoms with E-state index in [1.165, 1.54) is 0 Å². The molecular weight excluding hydrogens is 340 g/mol. The third-order valence-electron chi connectivity index (χ3n) is 4.61. The van der Waals surface area contributed by atoms with Crippen LogP contribution in [0, 0.1) is 0 Å². The van der Waals surface area contributed by atoms with Gasteiger partial charge in [0.05, 0.1) is 11.1 Å². The summed E-state index contributed by atoms with van der Waals surface area (Å²) in [6.07, 6.45) is 0. The van der Waals surface area contributed by atoms with Crippen LogP contribution >= 0.6 is 0 Å². The van der Waals surface area contributed by atoms with Gasteiger partial charge in [-0.15, -0.1) is 0 Å². The molecule has 0 spiro atoms. The van der Waals surface area contributed by atoms with Crippen molar-refractivity contribution in [2.75, 3.05) is 13.2 Å². The van der Waals surface area contributed by atoms with Crippen LogP contribution in [0.15, 0.2) is 52.4 Å². The zero-order chi connectivity index (χ0) is 19.2. The highest BCUT2D eigenvalue weighted by molar-refractivity contribution is 6.09. The first-order valence-electron chi connectivity index (χ1n) is 9.12. The highest BCUT2D eigenvalue weighted by atomic mass is 16.5. The Hall–Kier alpha value is -2.82. The van der Waals surface area contributed by atoms with E-state index in [0.29, 0.717) is 25.0 Å². The maximum atomic E-state index is 9.55. The van der Waals surface area contributed by atoms with Crippen molar-refractivity contribution >= 4 is 11.8 Å². The van der Waals surface area contributed by atoms with E-state index in [2.05, 4.69) is 33.8 Å². The second-order valence-corrected chi connectivity index (χ2v) is 8.34. The van der Waals surface area contributed by atoms with Crippen LogP contribution in [0.1, 0.15) is 38.8 Å². The zero-order valence-corrected chi connectivity index (χ0v) is 16.1. The van der Waals surface area contributed by atoms with E-state index < -0.39 is 0 Å². The van der Waals surface area contributed by atoms with Crippen molar-refractivity contribution in [1.82, 2.24) is 0 Å². The topological polar surface area (TPSA) is 63.4 Å². The number of phenols is 1. The summed E-state index contributed by atoms with van der Waals surface area (Å²) in [6.45, 7) is 9.31. The van der Waals surface area contributed by atoms with Crippen LogP contribution in [0.3, 0.4) is 0 Å². The van der Waals surface area contributed by atoms with Gasteiger partial charge in [-0.2, -0.15) is 0 Å². The van der Waals surface area contributed by atoms with Gasteiger partial charge in [0, 0.05) is 11.1 Å². The average Bonchev–Trinajstić information content (AvgIpc) is 3.16. The second kappa shape index (κ2) is 6.12. The van der Waals surface area contributed by atoms with Gasteiger partial charge in [-0.25, -0.2) is 9.98 Å². The van der Waals surface area contributed by atoms with Crippen LogP contribution in [-0.4, -0.2) is 41.2 Å². The molecule has 2 aromatic rings. The summed E-state index contributed by atoms with van der Waals surface area (Å²) in [7, 11) is 0. The van der Waals surface area contributed by atoms with E-state index >= 15 is 0 Å². The lowest BCUT2D eigenvalue weighted by molar-refractivity contribution is 0.277. The van der Waals surface area contributed by atoms with Crippen molar-refractivity contribution in [3.63, 3.8) is 0 Å².